The molecule has 3 aromatic rings. The quantitative estimate of drug-likeness (QED) is 0.622. The van der Waals surface area contributed by atoms with Crippen molar-refractivity contribution in [1.29, 1.82) is 0 Å². The molecule has 1 heterocycles. The summed E-state index contributed by atoms with van der Waals surface area (Å²) >= 11 is 0. The maximum atomic E-state index is 12.4. The molecule has 0 saturated heterocycles. The molecule has 0 aliphatic carbocycles. The number of aryl methyl sites for hydroxylation is 1. The summed E-state index contributed by atoms with van der Waals surface area (Å²) < 4.78 is 10.8. The largest absolute Gasteiger partial charge is 0.494 e. The van der Waals surface area contributed by atoms with Crippen LogP contribution in [0, 0.1) is 0 Å². The lowest BCUT2D eigenvalue weighted by Crippen LogP contribution is -2.13. The van der Waals surface area contributed by atoms with Crippen LogP contribution in [0.25, 0.3) is 0 Å². The summed E-state index contributed by atoms with van der Waals surface area (Å²) in [5, 5.41) is 5.58. The van der Waals surface area contributed by atoms with Crippen molar-refractivity contribution in [2.75, 3.05) is 17.2 Å². The van der Waals surface area contributed by atoms with E-state index in [1.54, 1.807) is 60.7 Å². The summed E-state index contributed by atoms with van der Waals surface area (Å²) in [6.45, 7) is 4.46. The zero-order valence-electron chi connectivity index (χ0n) is 15.8. The van der Waals surface area contributed by atoms with Gasteiger partial charge in [0.25, 0.3) is 11.8 Å². The van der Waals surface area contributed by atoms with Crippen molar-refractivity contribution < 1.29 is 18.7 Å². The number of carbonyl (C=O) groups excluding carboxylic acids is 2. The number of hydrogen-bond acceptors (Lipinski definition) is 4. The highest BCUT2D eigenvalue weighted by atomic mass is 16.5. The zero-order chi connectivity index (χ0) is 19.9. The maximum Gasteiger partial charge on any atom is 0.291 e. The predicted molar refractivity (Wildman–Crippen MR) is 108 cm³/mol. The first-order chi connectivity index (χ1) is 13.6. The first-order valence-electron chi connectivity index (χ1n) is 9.13. The summed E-state index contributed by atoms with van der Waals surface area (Å²) in [5.41, 5.74) is 1.74. The van der Waals surface area contributed by atoms with Gasteiger partial charge in [0.1, 0.15) is 11.5 Å². The van der Waals surface area contributed by atoms with Crippen molar-refractivity contribution in [3.05, 3.63) is 77.7 Å². The van der Waals surface area contributed by atoms with E-state index in [2.05, 4.69) is 10.6 Å². The average molecular weight is 378 g/mol. The summed E-state index contributed by atoms with van der Waals surface area (Å²) in [6, 6.07) is 17.3. The van der Waals surface area contributed by atoms with Gasteiger partial charge in [0.05, 0.1) is 6.61 Å². The maximum absolute atomic E-state index is 12.4. The highest BCUT2D eigenvalue weighted by Crippen LogP contribution is 2.18. The number of carbonyl (C=O) groups is 2. The number of anilines is 2. The number of amides is 2. The van der Waals surface area contributed by atoms with Gasteiger partial charge in [-0.15, -0.1) is 0 Å². The summed E-state index contributed by atoms with van der Waals surface area (Å²) in [4.78, 5) is 24.6. The zero-order valence-corrected chi connectivity index (χ0v) is 15.8. The number of rotatable bonds is 7. The van der Waals surface area contributed by atoms with E-state index < -0.39 is 0 Å². The Morgan fingerprint density at radius 1 is 0.821 bits per heavy atom. The lowest BCUT2D eigenvalue weighted by atomic mass is 10.2. The lowest BCUT2D eigenvalue weighted by molar-refractivity contribution is 0.0993. The lowest BCUT2D eigenvalue weighted by Gasteiger charge is -2.08. The van der Waals surface area contributed by atoms with Crippen molar-refractivity contribution in [3.63, 3.8) is 0 Å². The fourth-order valence-electron chi connectivity index (χ4n) is 2.59. The van der Waals surface area contributed by atoms with Gasteiger partial charge in [0, 0.05) is 23.4 Å². The standard InChI is InChI=1S/C22H22N2O4/c1-3-18-13-14-20(28-18)22(26)24-16-7-5-15(6-8-16)21(25)23-17-9-11-19(12-10-17)27-4-2/h5-14H,3-4H2,1-2H3,(H,23,25)(H,24,26). The topological polar surface area (TPSA) is 80.6 Å². The van der Waals surface area contributed by atoms with Gasteiger partial charge < -0.3 is 19.8 Å². The van der Waals surface area contributed by atoms with Gasteiger partial charge >= 0.3 is 0 Å². The minimum absolute atomic E-state index is 0.236. The minimum Gasteiger partial charge on any atom is -0.494 e. The molecule has 0 unspecified atom stereocenters. The molecular formula is C22H22N2O4. The molecular weight excluding hydrogens is 356 g/mol. The number of furan rings is 1. The Balaban J connectivity index is 1.59. The molecule has 0 aliphatic heterocycles. The number of hydrogen-bond donors (Lipinski definition) is 2. The molecule has 2 N–H and O–H groups in total. The van der Waals surface area contributed by atoms with Crippen LogP contribution in [0.15, 0.2) is 65.1 Å². The van der Waals surface area contributed by atoms with E-state index in [-0.39, 0.29) is 17.6 Å². The second-order valence-corrected chi connectivity index (χ2v) is 6.06. The van der Waals surface area contributed by atoms with Gasteiger partial charge in [-0.05, 0) is 67.6 Å². The van der Waals surface area contributed by atoms with E-state index in [0.717, 1.165) is 17.9 Å². The van der Waals surface area contributed by atoms with E-state index >= 15 is 0 Å². The van der Waals surface area contributed by atoms with Gasteiger partial charge in [0.15, 0.2) is 5.76 Å². The number of benzene rings is 2. The molecule has 0 aliphatic rings. The highest BCUT2D eigenvalue weighted by Gasteiger charge is 2.12. The summed E-state index contributed by atoms with van der Waals surface area (Å²) in [5.74, 6) is 1.20. The predicted octanol–water partition coefficient (Wildman–Crippen LogP) is 4.75. The Morgan fingerprint density at radius 2 is 1.43 bits per heavy atom. The van der Waals surface area contributed by atoms with Gasteiger partial charge in [-0.25, -0.2) is 0 Å². The third kappa shape index (κ3) is 4.79. The molecule has 1 aromatic heterocycles. The van der Waals surface area contributed by atoms with Crippen LogP contribution in [-0.4, -0.2) is 18.4 Å². The normalized spacial score (nSPS) is 10.4. The molecule has 0 saturated carbocycles. The second kappa shape index (κ2) is 8.90. The Hall–Kier alpha value is -3.54. The van der Waals surface area contributed by atoms with E-state index in [9.17, 15) is 9.59 Å². The molecule has 2 amide bonds. The molecule has 3 rings (SSSR count). The van der Waals surface area contributed by atoms with E-state index in [0.29, 0.717) is 23.5 Å². The molecule has 0 radical (unpaired) electrons. The van der Waals surface area contributed by atoms with Crippen LogP contribution in [0.4, 0.5) is 11.4 Å². The molecule has 28 heavy (non-hydrogen) atoms. The first-order valence-corrected chi connectivity index (χ1v) is 9.13. The molecule has 0 bridgehead atoms. The van der Waals surface area contributed by atoms with Crippen LogP contribution in [0.1, 0.15) is 40.5 Å². The molecule has 2 aromatic carbocycles. The van der Waals surface area contributed by atoms with Crippen molar-refractivity contribution in [2.24, 2.45) is 0 Å². The van der Waals surface area contributed by atoms with Crippen LogP contribution in [0.5, 0.6) is 5.75 Å². The Bertz CT molecular complexity index is 943. The van der Waals surface area contributed by atoms with E-state index in [1.165, 1.54) is 0 Å². The van der Waals surface area contributed by atoms with Gasteiger partial charge in [-0.2, -0.15) is 0 Å². The van der Waals surface area contributed by atoms with Crippen LogP contribution in [-0.2, 0) is 6.42 Å². The van der Waals surface area contributed by atoms with Crippen molar-refractivity contribution in [1.82, 2.24) is 0 Å². The van der Waals surface area contributed by atoms with Crippen molar-refractivity contribution in [2.45, 2.75) is 20.3 Å². The third-order valence-electron chi connectivity index (χ3n) is 4.06. The molecule has 0 spiro atoms. The second-order valence-electron chi connectivity index (χ2n) is 6.06. The van der Waals surface area contributed by atoms with Crippen LogP contribution < -0.4 is 15.4 Å². The van der Waals surface area contributed by atoms with E-state index in [4.69, 9.17) is 9.15 Å². The molecule has 6 heteroatoms. The number of nitrogens with one attached hydrogen (secondary N) is 2. The third-order valence-corrected chi connectivity index (χ3v) is 4.06. The summed E-state index contributed by atoms with van der Waals surface area (Å²) in [7, 11) is 0. The Labute approximate surface area is 163 Å². The van der Waals surface area contributed by atoms with E-state index in [1.807, 2.05) is 13.8 Å². The SMILES string of the molecule is CCOc1ccc(NC(=O)c2ccc(NC(=O)c3ccc(CC)o3)cc2)cc1. The Kier molecular flexibility index (Phi) is 6.11. The molecule has 6 nitrogen and oxygen atoms in total. The fourth-order valence-corrected chi connectivity index (χ4v) is 2.59. The van der Waals surface area contributed by atoms with Gasteiger partial charge in [-0.1, -0.05) is 6.92 Å². The fraction of sp³-hybridized carbons (Fsp3) is 0.182. The minimum atomic E-state index is -0.328. The van der Waals surface area contributed by atoms with Crippen LogP contribution in [0.2, 0.25) is 0 Å². The molecule has 0 fully saturated rings. The van der Waals surface area contributed by atoms with Crippen LogP contribution in [0.3, 0.4) is 0 Å². The Morgan fingerprint density at radius 3 is 2.00 bits per heavy atom. The molecule has 144 valence electrons. The monoisotopic (exact) mass is 378 g/mol. The van der Waals surface area contributed by atoms with Crippen LogP contribution >= 0.6 is 0 Å². The van der Waals surface area contributed by atoms with Gasteiger partial charge in [-0.3, -0.25) is 9.59 Å². The van der Waals surface area contributed by atoms with Crippen molar-refractivity contribution in [3.8, 4) is 5.75 Å². The first kappa shape index (κ1) is 19.2. The molecule has 0 atom stereocenters. The van der Waals surface area contributed by atoms with Gasteiger partial charge in [0.2, 0.25) is 0 Å². The highest BCUT2D eigenvalue weighted by molar-refractivity contribution is 6.05. The smallest absolute Gasteiger partial charge is 0.291 e. The number of ether oxygens (including phenoxy) is 1. The van der Waals surface area contributed by atoms with Crippen molar-refractivity contribution >= 4 is 23.2 Å². The summed E-state index contributed by atoms with van der Waals surface area (Å²) in [6.07, 6.45) is 0.728. The average Bonchev–Trinajstić information content (AvgIpc) is 3.20.